The Kier molecular flexibility index (Phi) is 3.85. The summed E-state index contributed by atoms with van der Waals surface area (Å²) in [5.41, 5.74) is 2.22. The van der Waals surface area contributed by atoms with Crippen LogP contribution < -0.4 is 4.90 Å². The van der Waals surface area contributed by atoms with Gasteiger partial charge in [0.1, 0.15) is 5.82 Å². The smallest absolute Gasteiger partial charge is 0.178 e. The standard InChI is InChI=1S/C20H24N6/c1-24(12-15-6-3-2-4-7-15)17-13-25(14-17)19-11-10-18-21-22-20(26(18)23-19)16-8-5-9-16/h2-4,6-7,10-11,16-17H,5,8-9,12-14H2,1H3. The number of hydrogen-bond donors (Lipinski definition) is 0. The van der Waals surface area contributed by atoms with Crippen LogP contribution in [0.5, 0.6) is 0 Å². The van der Waals surface area contributed by atoms with E-state index in [-0.39, 0.29) is 0 Å². The van der Waals surface area contributed by atoms with Gasteiger partial charge in [-0.15, -0.1) is 15.3 Å². The number of rotatable bonds is 5. The van der Waals surface area contributed by atoms with Crippen molar-refractivity contribution in [2.45, 2.75) is 37.8 Å². The second-order valence-corrected chi connectivity index (χ2v) is 7.61. The van der Waals surface area contributed by atoms with Crippen molar-refractivity contribution in [1.29, 1.82) is 0 Å². The number of fused-ring (bicyclic) bond motifs is 1. The fourth-order valence-electron chi connectivity index (χ4n) is 3.81. The van der Waals surface area contributed by atoms with Crippen molar-refractivity contribution in [2.24, 2.45) is 0 Å². The highest BCUT2D eigenvalue weighted by molar-refractivity contribution is 5.48. The Labute approximate surface area is 153 Å². The Balaban J connectivity index is 1.27. The molecule has 3 heterocycles. The van der Waals surface area contributed by atoms with E-state index < -0.39 is 0 Å². The Hall–Kier alpha value is -2.47. The second kappa shape index (κ2) is 6.36. The predicted molar refractivity (Wildman–Crippen MR) is 101 cm³/mol. The maximum atomic E-state index is 4.84. The van der Waals surface area contributed by atoms with Crippen LogP contribution in [-0.4, -0.2) is 50.9 Å². The molecule has 2 aliphatic rings. The largest absolute Gasteiger partial charge is 0.352 e. The molecular formula is C20H24N6. The molecule has 0 bridgehead atoms. The van der Waals surface area contributed by atoms with Gasteiger partial charge in [0.2, 0.25) is 0 Å². The first-order valence-electron chi connectivity index (χ1n) is 9.49. The first kappa shape index (κ1) is 15.8. The van der Waals surface area contributed by atoms with Gasteiger partial charge in [-0.25, -0.2) is 0 Å². The molecule has 0 atom stereocenters. The van der Waals surface area contributed by atoms with Crippen LogP contribution in [0.3, 0.4) is 0 Å². The van der Waals surface area contributed by atoms with E-state index >= 15 is 0 Å². The van der Waals surface area contributed by atoms with Crippen molar-refractivity contribution in [3.63, 3.8) is 0 Å². The lowest BCUT2D eigenvalue weighted by atomic mass is 9.85. The Morgan fingerprint density at radius 3 is 2.58 bits per heavy atom. The van der Waals surface area contributed by atoms with Crippen molar-refractivity contribution in [2.75, 3.05) is 25.0 Å². The van der Waals surface area contributed by atoms with Gasteiger partial charge in [-0.2, -0.15) is 4.52 Å². The zero-order valence-electron chi connectivity index (χ0n) is 15.1. The maximum absolute atomic E-state index is 4.84. The van der Waals surface area contributed by atoms with Crippen LogP contribution in [0.2, 0.25) is 0 Å². The molecule has 0 amide bonds. The van der Waals surface area contributed by atoms with Crippen molar-refractivity contribution >= 4 is 11.5 Å². The average Bonchev–Trinajstić information content (AvgIpc) is 2.96. The Bertz CT molecular complexity index is 895. The molecule has 0 radical (unpaired) electrons. The van der Waals surface area contributed by atoms with Gasteiger partial charge < -0.3 is 4.90 Å². The van der Waals surface area contributed by atoms with Crippen LogP contribution in [0.1, 0.15) is 36.6 Å². The van der Waals surface area contributed by atoms with Gasteiger partial charge in [0.15, 0.2) is 11.5 Å². The van der Waals surface area contributed by atoms with E-state index in [0.29, 0.717) is 12.0 Å². The summed E-state index contributed by atoms with van der Waals surface area (Å²) in [5, 5.41) is 13.5. The molecule has 0 N–H and O–H groups in total. The van der Waals surface area contributed by atoms with E-state index in [0.717, 1.165) is 36.9 Å². The normalized spacial score (nSPS) is 18.3. The first-order valence-corrected chi connectivity index (χ1v) is 9.49. The average molecular weight is 348 g/mol. The molecule has 0 unspecified atom stereocenters. The molecule has 1 aliphatic carbocycles. The Morgan fingerprint density at radius 1 is 1.04 bits per heavy atom. The summed E-state index contributed by atoms with van der Waals surface area (Å²) in [6.45, 7) is 3.02. The van der Waals surface area contributed by atoms with E-state index in [1.54, 1.807) is 0 Å². The van der Waals surface area contributed by atoms with Crippen molar-refractivity contribution in [3.05, 3.63) is 53.9 Å². The summed E-state index contributed by atoms with van der Waals surface area (Å²) < 4.78 is 1.96. The van der Waals surface area contributed by atoms with Gasteiger partial charge >= 0.3 is 0 Å². The van der Waals surface area contributed by atoms with Crippen LogP contribution >= 0.6 is 0 Å². The molecule has 5 rings (SSSR count). The topological polar surface area (TPSA) is 49.6 Å². The summed E-state index contributed by atoms with van der Waals surface area (Å²) in [6.07, 6.45) is 3.71. The molecule has 2 fully saturated rings. The zero-order chi connectivity index (χ0) is 17.5. The van der Waals surface area contributed by atoms with Crippen LogP contribution in [-0.2, 0) is 6.54 Å². The van der Waals surface area contributed by atoms with Gasteiger partial charge in [0.05, 0.1) is 0 Å². The van der Waals surface area contributed by atoms with Crippen LogP contribution in [0.4, 0.5) is 5.82 Å². The monoisotopic (exact) mass is 348 g/mol. The quantitative estimate of drug-likeness (QED) is 0.710. The van der Waals surface area contributed by atoms with Crippen LogP contribution in [0.15, 0.2) is 42.5 Å². The van der Waals surface area contributed by atoms with Crippen LogP contribution in [0, 0.1) is 0 Å². The molecule has 1 aromatic carbocycles. The third-order valence-electron chi connectivity index (χ3n) is 5.83. The van der Waals surface area contributed by atoms with E-state index in [2.05, 4.69) is 63.4 Å². The fraction of sp³-hybridized carbons (Fsp3) is 0.450. The third kappa shape index (κ3) is 2.74. The highest BCUT2D eigenvalue weighted by Crippen LogP contribution is 2.35. The summed E-state index contributed by atoms with van der Waals surface area (Å²) in [4.78, 5) is 4.78. The highest BCUT2D eigenvalue weighted by Gasteiger charge is 2.32. The molecule has 1 saturated carbocycles. The summed E-state index contributed by atoms with van der Waals surface area (Å²) in [7, 11) is 2.21. The minimum atomic E-state index is 0.536. The number of nitrogens with zero attached hydrogens (tertiary/aromatic N) is 6. The number of anilines is 1. The van der Waals surface area contributed by atoms with Gasteiger partial charge in [0.25, 0.3) is 0 Å². The number of likely N-dealkylation sites (N-methyl/N-ethyl adjacent to an activating group) is 1. The second-order valence-electron chi connectivity index (χ2n) is 7.61. The fourth-order valence-corrected chi connectivity index (χ4v) is 3.81. The SMILES string of the molecule is CN(Cc1ccccc1)C1CN(c2ccc3nnc(C4CCC4)n3n2)C1. The molecule has 3 aromatic rings. The number of benzene rings is 1. The van der Waals surface area contributed by atoms with Gasteiger partial charge in [0, 0.05) is 31.6 Å². The van der Waals surface area contributed by atoms with Gasteiger partial charge in [-0.1, -0.05) is 36.8 Å². The molecule has 134 valence electrons. The number of aromatic nitrogens is 4. The summed E-state index contributed by atoms with van der Waals surface area (Å²) in [6, 6.07) is 15.3. The van der Waals surface area contributed by atoms with E-state index in [4.69, 9.17) is 5.10 Å². The van der Waals surface area contributed by atoms with Crippen molar-refractivity contribution in [1.82, 2.24) is 24.7 Å². The maximum Gasteiger partial charge on any atom is 0.178 e. The minimum absolute atomic E-state index is 0.536. The molecule has 0 spiro atoms. The lowest BCUT2D eigenvalue weighted by molar-refractivity contribution is 0.196. The summed E-state index contributed by atoms with van der Waals surface area (Å²) >= 11 is 0. The van der Waals surface area contributed by atoms with Gasteiger partial charge in [-0.3, -0.25) is 4.90 Å². The third-order valence-corrected chi connectivity index (χ3v) is 5.83. The lowest BCUT2D eigenvalue weighted by Crippen LogP contribution is -2.58. The molecule has 1 aliphatic heterocycles. The van der Waals surface area contributed by atoms with Crippen molar-refractivity contribution < 1.29 is 0 Å². The first-order chi connectivity index (χ1) is 12.8. The molecule has 6 nitrogen and oxygen atoms in total. The van der Waals surface area contributed by atoms with E-state index in [1.165, 1.54) is 24.8 Å². The van der Waals surface area contributed by atoms with Crippen molar-refractivity contribution in [3.8, 4) is 0 Å². The summed E-state index contributed by atoms with van der Waals surface area (Å²) in [5.74, 6) is 2.60. The Morgan fingerprint density at radius 2 is 1.85 bits per heavy atom. The molecule has 26 heavy (non-hydrogen) atoms. The predicted octanol–water partition coefficient (Wildman–Crippen LogP) is 2.71. The highest BCUT2D eigenvalue weighted by atomic mass is 15.4. The van der Waals surface area contributed by atoms with Gasteiger partial charge in [-0.05, 0) is 37.6 Å². The van der Waals surface area contributed by atoms with Crippen LogP contribution in [0.25, 0.3) is 5.65 Å². The molecular weight excluding hydrogens is 324 g/mol. The molecule has 2 aromatic heterocycles. The molecule has 6 heteroatoms. The number of hydrogen-bond acceptors (Lipinski definition) is 5. The van der Waals surface area contributed by atoms with E-state index in [9.17, 15) is 0 Å². The minimum Gasteiger partial charge on any atom is -0.352 e. The molecule has 1 saturated heterocycles. The lowest BCUT2D eigenvalue weighted by Gasteiger charge is -2.44. The van der Waals surface area contributed by atoms with E-state index in [1.807, 2.05) is 10.6 Å². The zero-order valence-corrected chi connectivity index (χ0v) is 15.1.